The van der Waals surface area contributed by atoms with Gasteiger partial charge in [0.2, 0.25) is 0 Å². The van der Waals surface area contributed by atoms with E-state index in [2.05, 4.69) is 29.8 Å². The predicted molar refractivity (Wildman–Crippen MR) is 79.9 cm³/mol. The van der Waals surface area contributed by atoms with Gasteiger partial charge in [-0.3, -0.25) is 4.21 Å². The third-order valence-corrected chi connectivity index (χ3v) is 6.78. The minimum atomic E-state index is -1.03. The van der Waals surface area contributed by atoms with Crippen molar-refractivity contribution in [3.05, 3.63) is 28.7 Å². The molecule has 1 aromatic rings. The van der Waals surface area contributed by atoms with E-state index in [0.29, 0.717) is 11.8 Å². The molecule has 0 amide bonds. The zero-order valence-corrected chi connectivity index (χ0v) is 13.2. The number of halogens is 1. The van der Waals surface area contributed by atoms with Crippen LogP contribution >= 0.6 is 15.9 Å². The molecular weight excluding hydrogens is 310 g/mol. The molecule has 1 fully saturated rings. The smallest absolute Gasteiger partial charge is 0.0590 e. The highest BCUT2D eigenvalue weighted by Gasteiger charge is 2.36. The van der Waals surface area contributed by atoms with Gasteiger partial charge in [0.15, 0.2) is 0 Å². The Bertz CT molecular complexity index is 439. The molecule has 1 aliphatic carbocycles. The Labute approximate surface area is 120 Å². The van der Waals surface area contributed by atoms with E-state index in [1.165, 1.54) is 0 Å². The largest absolute Gasteiger partial charge is 0.327 e. The lowest BCUT2D eigenvalue weighted by atomic mass is 9.80. The van der Waals surface area contributed by atoms with Crippen LogP contribution in [-0.4, -0.2) is 15.5 Å². The van der Waals surface area contributed by atoms with E-state index >= 15 is 0 Å². The number of nitrogens with two attached hydrogens (primary N) is 1. The Morgan fingerprint density at radius 2 is 1.94 bits per heavy atom. The molecule has 0 aromatic heterocycles. The van der Waals surface area contributed by atoms with Gasteiger partial charge >= 0.3 is 0 Å². The van der Waals surface area contributed by atoms with Crippen molar-refractivity contribution in [3.63, 3.8) is 0 Å². The Balaban J connectivity index is 2.26. The van der Waals surface area contributed by atoms with Gasteiger partial charge in [0.25, 0.3) is 0 Å². The van der Waals surface area contributed by atoms with Crippen molar-refractivity contribution in [3.8, 4) is 0 Å². The van der Waals surface area contributed by atoms with E-state index in [-0.39, 0.29) is 11.3 Å². The monoisotopic (exact) mass is 329 g/mol. The summed E-state index contributed by atoms with van der Waals surface area (Å²) in [5.74, 6) is 1.05. The normalized spacial score (nSPS) is 34.2. The van der Waals surface area contributed by atoms with Crippen LogP contribution in [0.5, 0.6) is 0 Å². The zero-order chi connectivity index (χ0) is 13.3. The molecule has 18 heavy (non-hydrogen) atoms. The van der Waals surface area contributed by atoms with Crippen molar-refractivity contribution in [1.29, 1.82) is 0 Å². The van der Waals surface area contributed by atoms with Crippen molar-refractivity contribution in [2.45, 2.75) is 42.9 Å². The second-order valence-electron chi connectivity index (χ2n) is 5.41. The molecule has 0 bridgehead atoms. The molecule has 0 heterocycles. The lowest BCUT2D eigenvalue weighted by molar-refractivity contribution is 0.275. The van der Waals surface area contributed by atoms with Gasteiger partial charge in [-0.05, 0) is 52.7 Å². The van der Waals surface area contributed by atoms with Crippen LogP contribution in [0.2, 0.25) is 0 Å². The van der Waals surface area contributed by atoms with Crippen LogP contribution in [0.4, 0.5) is 0 Å². The maximum atomic E-state index is 12.7. The Hall–Kier alpha value is -0.190. The first-order chi connectivity index (χ1) is 8.50. The summed E-state index contributed by atoms with van der Waals surface area (Å²) in [5, 5.41) is 0.0694. The van der Waals surface area contributed by atoms with Gasteiger partial charge in [-0.2, -0.15) is 0 Å². The fourth-order valence-corrected chi connectivity index (χ4v) is 5.50. The summed E-state index contributed by atoms with van der Waals surface area (Å²) < 4.78 is 13.7. The van der Waals surface area contributed by atoms with Crippen LogP contribution < -0.4 is 5.73 Å². The van der Waals surface area contributed by atoms with Crippen molar-refractivity contribution < 1.29 is 4.21 Å². The summed E-state index contributed by atoms with van der Waals surface area (Å²) in [6, 6.07) is 7.78. The van der Waals surface area contributed by atoms with E-state index in [1.54, 1.807) is 0 Å². The first-order valence-electron chi connectivity index (χ1n) is 6.41. The molecular formula is C14H20BrNOS. The van der Waals surface area contributed by atoms with E-state index in [4.69, 9.17) is 5.73 Å². The van der Waals surface area contributed by atoms with Gasteiger partial charge in [0.05, 0.1) is 20.9 Å². The topological polar surface area (TPSA) is 43.1 Å². The molecule has 2 rings (SSSR count). The quantitative estimate of drug-likeness (QED) is 0.904. The lowest BCUT2D eigenvalue weighted by Crippen LogP contribution is -2.47. The van der Waals surface area contributed by atoms with Gasteiger partial charge in [0.1, 0.15) is 0 Å². The second kappa shape index (κ2) is 5.85. The highest BCUT2D eigenvalue weighted by Crippen LogP contribution is 2.34. The fourth-order valence-electron chi connectivity index (χ4n) is 3.01. The molecule has 4 heteroatoms. The summed E-state index contributed by atoms with van der Waals surface area (Å²) >= 11 is 3.48. The average Bonchev–Trinajstić information content (AvgIpc) is 2.27. The summed E-state index contributed by atoms with van der Waals surface area (Å²) in [5.41, 5.74) is 6.24. The van der Waals surface area contributed by atoms with Crippen LogP contribution in [-0.2, 0) is 10.8 Å². The molecule has 0 aliphatic heterocycles. The molecule has 1 aromatic carbocycles. The van der Waals surface area contributed by atoms with Crippen molar-refractivity contribution in [2.24, 2.45) is 17.6 Å². The van der Waals surface area contributed by atoms with Gasteiger partial charge in [0, 0.05) is 10.5 Å². The van der Waals surface area contributed by atoms with Crippen molar-refractivity contribution in [2.75, 3.05) is 0 Å². The Kier molecular flexibility index (Phi) is 4.62. The first kappa shape index (κ1) is 14.2. The van der Waals surface area contributed by atoms with E-state index in [1.807, 2.05) is 24.3 Å². The Morgan fingerprint density at radius 3 is 2.56 bits per heavy atom. The lowest BCUT2D eigenvalue weighted by Gasteiger charge is -2.37. The summed E-state index contributed by atoms with van der Waals surface area (Å²) in [4.78, 5) is 0.874. The summed E-state index contributed by atoms with van der Waals surface area (Å²) in [7, 11) is -1.03. The molecule has 2 nitrogen and oxygen atoms in total. The number of benzene rings is 1. The van der Waals surface area contributed by atoms with Gasteiger partial charge in [-0.25, -0.2) is 0 Å². The van der Waals surface area contributed by atoms with Crippen molar-refractivity contribution in [1.82, 2.24) is 0 Å². The highest BCUT2D eigenvalue weighted by molar-refractivity contribution is 9.10. The van der Waals surface area contributed by atoms with Gasteiger partial charge in [-0.1, -0.05) is 26.0 Å². The maximum Gasteiger partial charge on any atom is 0.0590 e. The number of hydrogen-bond acceptors (Lipinski definition) is 2. The number of rotatable bonds is 2. The molecule has 5 atom stereocenters. The van der Waals surface area contributed by atoms with E-state index in [0.717, 1.165) is 22.2 Å². The van der Waals surface area contributed by atoms with Gasteiger partial charge < -0.3 is 5.73 Å². The third kappa shape index (κ3) is 2.86. The second-order valence-corrected chi connectivity index (χ2v) is 7.84. The molecule has 1 aliphatic rings. The first-order valence-corrected chi connectivity index (χ1v) is 8.42. The van der Waals surface area contributed by atoms with Crippen LogP contribution in [0.1, 0.15) is 26.7 Å². The molecule has 0 saturated heterocycles. The molecule has 2 N–H and O–H groups in total. The minimum Gasteiger partial charge on any atom is -0.327 e. The zero-order valence-electron chi connectivity index (χ0n) is 10.8. The Morgan fingerprint density at radius 1 is 1.28 bits per heavy atom. The minimum absolute atomic E-state index is 0.0386. The summed E-state index contributed by atoms with van der Waals surface area (Å²) in [6.45, 7) is 4.41. The van der Waals surface area contributed by atoms with E-state index in [9.17, 15) is 4.21 Å². The van der Waals surface area contributed by atoms with Gasteiger partial charge in [-0.15, -0.1) is 0 Å². The number of hydrogen-bond donors (Lipinski definition) is 1. The van der Waals surface area contributed by atoms with E-state index < -0.39 is 10.8 Å². The SMILES string of the molecule is CC1CC(C)C(S(=O)c2ccccc2Br)C(N)C1. The third-order valence-electron chi connectivity index (χ3n) is 3.73. The highest BCUT2D eigenvalue weighted by atomic mass is 79.9. The van der Waals surface area contributed by atoms with Crippen LogP contribution in [0.3, 0.4) is 0 Å². The van der Waals surface area contributed by atoms with Crippen molar-refractivity contribution >= 4 is 26.7 Å². The standard InChI is InChI=1S/C14H20BrNOS/c1-9-7-10(2)14(12(16)8-9)18(17)13-6-4-3-5-11(13)15/h3-6,9-10,12,14H,7-8,16H2,1-2H3. The molecule has 100 valence electrons. The summed E-state index contributed by atoms with van der Waals surface area (Å²) in [6.07, 6.45) is 2.10. The molecule has 5 unspecified atom stereocenters. The molecule has 0 radical (unpaired) electrons. The average molecular weight is 330 g/mol. The maximum absolute atomic E-state index is 12.7. The molecule has 0 spiro atoms. The fraction of sp³-hybridized carbons (Fsp3) is 0.571. The predicted octanol–water partition coefficient (Wildman–Crippen LogP) is 3.32. The van der Waals surface area contributed by atoms with Crippen LogP contribution in [0.25, 0.3) is 0 Å². The van der Waals surface area contributed by atoms with Crippen LogP contribution in [0.15, 0.2) is 33.6 Å². The molecule has 1 saturated carbocycles. The van der Waals surface area contributed by atoms with Crippen LogP contribution in [0, 0.1) is 11.8 Å².